The molecule has 0 bridgehead atoms. The van der Waals surface area contributed by atoms with Gasteiger partial charge in [-0.05, 0) is 12.1 Å². The molecule has 3 nitrogen and oxygen atoms in total. The molecule has 0 spiro atoms. The number of rotatable bonds is 1. The second-order valence-electron chi connectivity index (χ2n) is 3.12. The van der Waals surface area contributed by atoms with E-state index < -0.39 is 16.5 Å². The number of nitrogens with one attached hydrogen (secondary N) is 1. The van der Waals surface area contributed by atoms with Crippen molar-refractivity contribution in [3.63, 3.8) is 0 Å². The first-order valence-corrected chi connectivity index (χ1v) is 10.3. The summed E-state index contributed by atoms with van der Waals surface area (Å²) in [7, 11) is 9.75. The van der Waals surface area contributed by atoms with Crippen LogP contribution in [-0.2, 0) is 16.5 Å². The second-order valence-corrected chi connectivity index (χ2v) is 6.40. The van der Waals surface area contributed by atoms with Gasteiger partial charge in [-0.2, -0.15) is 0 Å². The van der Waals surface area contributed by atoms with Crippen molar-refractivity contribution < 1.29 is 16.5 Å². The summed E-state index contributed by atoms with van der Waals surface area (Å²) in [6.45, 7) is 4.47. The molecule has 0 aromatic heterocycles. The van der Waals surface area contributed by atoms with E-state index >= 15 is 0 Å². The third-order valence-corrected chi connectivity index (χ3v) is 2.24. The van der Waals surface area contributed by atoms with Crippen molar-refractivity contribution in [1.82, 2.24) is 11.5 Å². The van der Waals surface area contributed by atoms with Crippen molar-refractivity contribution in [2.45, 2.75) is 0 Å². The van der Waals surface area contributed by atoms with Gasteiger partial charge >= 0.3 is 35.3 Å². The molecule has 16 heavy (non-hydrogen) atoms. The average Bonchev–Trinajstić information content (AvgIpc) is 2.32. The van der Waals surface area contributed by atoms with Crippen LogP contribution in [0.5, 0.6) is 0 Å². The summed E-state index contributed by atoms with van der Waals surface area (Å²) in [5.41, 5.74) is 1.35. The monoisotopic (exact) mass is 444 g/mol. The third-order valence-electron chi connectivity index (χ3n) is 2.24. The molecule has 1 aliphatic heterocycles. The number of anilines is 1. The van der Waals surface area contributed by atoms with E-state index in [1.54, 1.807) is 0 Å². The molecule has 1 aliphatic rings. The Morgan fingerprint density at radius 3 is 2.06 bits per heavy atom. The second kappa shape index (κ2) is 10.4. The van der Waals surface area contributed by atoms with Gasteiger partial charge in [0.15, 0.2) is 0 Å². The molecule has 0 saturated carbocycles. The Kier molecular flexibility index (Phi) is 10.5. The summed E-state index contributed by atoms with van der Waals surface area (Å²) < 4.78 is 0. The number of benzene rings is 1. The van der Waals surface area contributed by atoms with Crippen LogP contribution < -0.4 is 16.4 Å². The molecule has 0 unspecified atom stereocenters. The summed E-state index contributed by atoms with van der Waals surface area (Å²) in [5.74, 6) is 0. The van der Waals surface area contributed by atoms with Gasteiger partial charge in [0, 0.05) is 31.9 Å². The summed E-state index contributed by atoms with van der Waals surface area (Å²) in [6, 6.07) is 10.6. The molecule has 1 heterocycles. The molecule has 1 aromatic carbocycles. The molecule has 96 valence electrons. The van der Waals surface area contributed by atoms with Gasteiger partial charge in [0.2, 0.25) is 0 Å². The smallest absolute Gasteiger partial charge is 0.0367 e. The molecule has 0 aliphatic carbocycles. The largest absolute Gasteiger partial charge is 0.369 e. The van der Waals surface area contributed by atoms with Crippen LogP contribution in [0.25, 0.3) is 0 Å². The number of hydrogen-bond donors (Lipinski definition) is 2. The first-order valence-electron chi connectivity index (χ1n) is 4.71. The molecular formula is C10H17Cl2N3Pt. The Morgan fingerprint density at radius 2 is 1.56 bits per heavy atom. The fraction of sp³-hybridized carbons (Fsp3) is 0.400. The van der Waals surface area contributed by atoms with E-state index in [4.69, 9.17) is 18.8 Å². The van der Waals surface area contributed by atoms with Crippen molar-refractivity contribution in [3.8, 4) is 0 Å². The minimum atomic E-state index is -0.472. The minimum absolute atomic E-state index is 0. The van der Waals surface area contributed by atoms with Crippen LogP contribution in [0.1, 0.15) is 0 Å². The van der Waals surface area contributed by atoms with E-state index in [1.807, 2.05) is 0 Å². The zero-order chi connectivity index (χ0) is 10.9. The van der Waals surface area contributed by atoms with Crippen molar-refractivity contribution in [1.29, 1.82) is 0 Å². The van der Waals surface area contributed by atoms with Gasteiger partial charge in [-0.15, -0.1) is 0 Å². The molecule has 1 saturated heterocycles. The van der Waals surface area contributed by atoms with Gasteiger partial charge in [-0.25, -0.2) is 0 Å². The first kappa shape index (κ1) is 16.2. The van der Waals surface area contributed by atoms with Crippen molar-refractivity contribution in [2.75, 3.05) is 31.1 Å². The molecule has 0 atom stereocenters. The third kappa shape index (κ3) is 6.07. The van der Waals surface area contributed by atoms with Crippen LogP contribution in [0.3, 0.4) is 0 Å². The molecule has 0 radical (unpaired) electrons. The van der Waals surface area contributed by atoms with E-state index in [0.717, 1.165) is 26.2 Å². The Bertz CT molecular complexity index is 256. The predicted molar refractivity (Wildman–Crippen MR) is 68.3 cm³/mol. The summed E-state index contributed by atoms with van der Waals surface area (Å²) >= 11 is -0.472. The van der Waals surface area contributed by atoms with Crippen LogP contribution in [0.4, 0.5) is 5.69 Å². The van der Waals surface area contributed by atoms with Crippen molar-refractivity contribution in [2.24, 2.45) is 0 Å². The topological polar surface area (TPSA) is 50.3 Å². The SMILES string of the molecule is N.[Cl][Pt][Cl].c1ccc(N2CCNCC2)cc1. The van der Waals surface area contributed by atoms with E-state index in [1.165, 1.54) is 5.69 Å². The van der Waals surface area contributed by atoms with Gasteiger partial charge in [0.05, 0.1) is 0 Å². The summed E-state index contributed by atoms with van der Waals surface area (Å²) in [5, 5.41) is 3.34. The van der Waals surface area contributed by atoms with E-state index in [-0.39, 0.29) is 6.15 Å². The first-order chi connectivity index (χ1) is 7.38. The van der Waals surface area contributed by atoms with E-state index in [0.29, 0.717) is 0 Å². The molecule has 1 aromatic rings. The fourth-order valence-electron chi connectivity index (χ4n) is 1.56. The van der Waals surface area contributed by atoms with Crippen LogP contribution in [0.15, 0.2) is 30.3 Å². The molecule has 2 rings (SSSR count). The maximum absolute atomic E-state index is 4.88. The Balaban J connectivity index is 0.000000511. The summed E-state index contributed by atoms with van der Waals surface area (Å²) in [4.78, 5) is 2.41. The molecule has 4 N–H and O–H groups in total. The normalized spacial score (nSPS) is 14.8. The minimum Gasteiger partial charge on any atom is -0.369 e. The maximum Gasteiger partial charge on any atom is 0.0367 e. The fourth-order valence-corrected chi connectivity index (χ4v) is 1.56. The predicted octanol–water partition coefficient (Wildman–Crippen LogP) is 2.63. The Hall–Kier alpha value is 0.208. The number of para-hydroxylation sites is 1. The standard InChI is InChI=1S/C10H14N2.2ClH.H3N.Pt/c1-2-4-10(5-3-1)12-8-6-11-7-9-12;;;;/h1-5,11H,6-9H2;2*1H;1H3;/q;;;;+2/p-2. The maximum atomic E-state index is 4.88. The van der Waals surface area contributed by atoms with Crippen molar-refractivity contribution >= 4 is 24.5 Å². The van der Waals surface area contributed by atoms with Gasteiger partial charge in [-0.1, -0.05) is 18.2 Å². The van der Waals surface area contributed by atoms with Crippen molar-refractivity contribution in [3.05, 3.63) is 30.3 Å². The van der Waals surface area contributed by atoms with E-state index in [2.05, 4.69) is 40.5 Å². The molecule has 1 fully saturated rings. The van der Waals surface area contributed by atoms with Gasteiger partial charge < -0.3 is 16.4 Å². The van der Waals surface area contributed by atoms with Crippen LogP contribution >= 0.6 is 18.8 Å². The number of piperazine rings is 1. The van der Waals surface area contributed by atoms with Gasteiger partial charge in [0.25, 0.3) is 0 Å². The number of halogens is 2. The molecule has 0 amide bonds. The summed E-state index contributed by atoms with van der Waals surface area (Å²) in [6.07, 6.45) is 0. The molecular weight excluding hydrogens is 428 g/mol. The Morgan fingerprint density at radius 1 is 1.06 bits per heavy atom. The molecule has 6 heteroatoms. The Labute approximate surface area is 113 Å². The zero-order valence-electron chi connectivity index (χ0n) is 8.94. The zero-order valence-corrected chi connectivity index (χ0v) is 12.7. The van der Waals surface area contributed by atoms with E-state index in [9.17, 15) is 0 Å². The number of nitrogens with zero attached hydrogens (tertiary/aromatic N) is 1. The average molecular weight is 445 g/mol. The van der Waals surface area contributed by atoms with Crippen LogP contribution in [0, 0.1) is 0 Å². The van der Waals surface area contributed by atoms with Crippen LogP contribution in [0.2, 0.25) is 0 Å². The number of hydrogen-bond acceptors (Lipinski definition) is 3. The van der Waals surface area contributed by atoms with Gasteiger partial charge in [-0.3, -0.25) is 0 Å². The van der Waals surface area contributed by atoms with Gasteiger partial charge in [0.1, 0.15) is 0 Å². The quantitative estimate of drug-likeness (QED) is 0.699. The van der Waals surface area contributed by atoms with Crippen LogP contribution in [-0.4, -0.2) is 26.2 Å².